The first-order valence-electron chi connectivity index (χ1n) is 10.0. The van der Waals surface area contributed by atoms with E-state index in [1.807, 2.05) is 73.7 Å². The van der Waals surface area contributed by atoms with Crippen LogP contribution >= 0.6 is 0 Å². The number of furan rings is 1. The molecule has 0 aliphatic carbocycles. The van der Waals surface area contributed by atoms with Gasteiger partial charge in [0.2, 0.25) is 11.8 Å². The maximum Gasteiger partial charge on any atom is 0.243 e. The van der Waals surface area contributed by atoms with Crippen LogP contribution in [0.15, 0.2) is 77.4 Å². The zero-order valence-corrected chi connectivity index (χ0v) is 17.3. The van der Waals surface area contributed by atoms with Gasteiger partial charge in [-0.15, -0.1) is 0 Å². The highest BCUT2D eigenvalue weighted by atomic mass is 16.3. The standard InChI is InChI=1S/C24H27N3O3/c1-3-18-10-7-8-13-20(18)26-22(28)17-27(2)23(29)16-25-24(21-14-9-15-30-21)19-11-5-4-6-12-19/h4-15,24-25H,3,16-17H2,1-2H3,(H,26,28)/t24-/m0/s1. The van der Waals surface area contributed by atoms with Gasteiger partial charge < -0.3 is 14.6 Å². The van der Waals surface area contributed by atoms with Crippen molar-refractivity contribution in [1.29, 1.82) is 0 Å². The number of likely N-dealkylation sites (N-methyl/N-ethyl adjacent to an activating group) is 1. The van der Waals surface area contributed by atoms with Crippen molar-refractivity contribution in [3.05, 3.63) is 89.9 Å². The van der Waals surface area contributed by atoms with Crippen molar-refractivity contribution >= 4 is 17.5 Å². The molecule has 0 spiro atoms. The van der Waals surface area contributed by atoms with Gasteiger partial charge in [0.1, 0.15) is 5.76 Å². The molecule has 2 amide bonds. The monoisotopic (exact) mass is 405 g/mol. The first-order chi connectivity index (χ1) is 14.6. The highest BCUT2D eigenvalue weighted by Crippen LogP contribution is 2.22. The summed E-state index contributed by atoms with van der Waals surface area (Å²) < 4.78 is 5.54. The molecule has 156 valence electrons. The summed E-state index contributed by atoms with van der Waals surface area (Å²) in [5.74, 6) is 0.323. The molecular formula is C24H27N3O3. The highest BCUT2D eigenvalue weighted by Gasteiger charge is 2.20. The fourth-order valence-corrected chi connectivity index (χ4v) is 3.25. The minimum absolute atomic E-state index is 0.0185. The molecule has 6 nitrogen and oxygen atoms in total. The number of aryl methyl sites for hydroxylation is 1. The number of para-hydroxylation sites is 1. The van der Waals surface area contributed by atoms with Crippen molar-refractivity contribution in [2.24, 2.45) is 0 Å². The molecule has 0 unspecified atom stereocenters. The van der Waals surface area contributed by atoms with E-state index in [1.54, 1.807) is 13.3 Å². The fourth-order valence-electron chi connectivity index (χ4n) is 3.25. The van der Waals surface area contributed by atoms with Gasteiger partial charge in [0, 0.05) is 12.7 Å². The van der Waals surface area contributed by atoms with E-state index in [0.717, 1.165) is 29.0 Å². The van der Waals surface area contributed by atoms with Crippen LogP contribution in [0.1, 0.15) is 29.9 Å². The lowest BCUT2D eigenvalue weighted by Crippen LogP contribution is -2.41. The Hall–Kier alpha value is -3.38. The topological polar surface area (TPSA) is 74.6 Å². The summed E-state index contributed by atoms with van der Waals surface area (Å²) in [5.41, 5.74) is 2.84. The van der Waals surface area contributed by atoms with Gasteiger partial charge in [-0.1, -0.05) is 55.5 Å². The Morgan fingerprint density at radius 3 is 2.43 bits per heavy atom. The number of hydrogen-bond acceptors (Lipinski definition) is 4. The summed E-state index contributed by atoms with van der Waals surface area (Å²) >= 11 is 0. The van der Waals surface area contributed by atoms with Crippen LogP contribution in [0.25, 0.3) is 0 Å². The number of nitrogens with zero attached hydrogens (tertiary/aromatic N) is 1. The van der Waals surface area contributed by atoms with E-state index in [1.165, 1.54) is 4.90 Å². The van der Waals surface area contributed by atoms with Crippen molar-refractivity contribution in [3.63, 3.8) is 0 Å². The quantitative estimate of drug-likeness (QED) is 0.570. The van der Waals surface area contributed by atoms with Crippen molar-refractivity contribution in [3.8, 4) is 0 Å². The molecule has 0 fully saturated rings. The maximum atomic E-state index is 12.6. The third kappa shape index (κ3) is 5.58. The minimum Gasteiger partial charge on any atom is -0.467 e. The molecule has 3 rings (SSSR count). The van der Waals surface area contributed by atoms with Crippen molar-refractivity contribution < 1.29 is 14.0 Å². The largest absolute Gasteiger partial charge is 0.467 e. The lowest BCUT2D eigenvalue weighted by molar-refractivity contribution is -0.132. The molecule has 0 radical (unpaired) electrons. The summed E-state index contributed by atoms with van der Waals surface area (Å²) in [6, 6.07) is 20.9. The van der Waals surface area contributed by atoms with Crippen LogP contribution in [0.5, 0.6) is 0 Å². The van der Waals surface area contributed by atoms with Gasteiger partial charge in [0.15, 0.2) is 0 Å². The number of amides is 2. The second-order valence-corrected chi connectivity index (χ2v) is 7.05. The van der Waals surface area contributed by atoms with E-state index in [4.69, 9.17) is 4.42 Å². The number of carbonyl (C=O) groups is 2. The Bertz CT molecular complexity index is 955. The van der Waals surface area contributed by atoms with E-state index in [-0.39, 0.29) is 30.9 Å². The number of rotatable bonds is 9. The zero-order chi connectivity index (χ0) is 21.3. The number of carbonyl (C=O) groups excluding carboxylic acids is 2. The molecule has 30 heavy (non-hydrogen) atoms. The number of nitrogens with one attached hydrogen (secondary N) is 2. The predicted molar refractivity (Wildman–Crippen MR) is 117 cm³/mol. The first-order valence-corrected chi connectivity index (χ1v) is 10.0. The van der Waals surface area contributed by atoms with Gasteiger partial charge in [0.05, 0.1) is 25.4 Å². The fraction of sp³-hybridized carbons (Fsp3) is 0.250. The third-order valence-corrected chi connectivity index (χ3v) is 4.90. The zero-order valence-electron chi connectivity index (χ0n) is 17.3. The van der Waals surface area contributed by atoms with E-state index in [2.05, 4.69) is 10.6 Å². The molecule has 1 heterocycles. The summed E-state index contributed by atoms with van der Waals surface area (Å²) in [7, 11) is 1.62. The maximum absolute atomic E-state index is 12.6. The van der Waals surface area contributed by atoms with Crippen LogP contribution in [-0.2, 0) is 16.0 Å². The highest BCUT2D eigenvalue weighted by molar-refractivity contribution is 5.95. The molecule has 0 aliphatic heterocycles. The van der Waals surface area contributed by atoms with Crippen LogP contribution in [-0.4, -0.2) is 36.9 Å². The van der Waals surface area contributed by atoms with Crippen LogP contribution in [0, 0.1) is 0 Å². The average molecular weight is 405 g/mol. The number of hydrogen-bond donors (Lipinski definition) is 2. The summed E-state index contributed by atoms with van der Waals surface area (Å²) in [6.07, 6.45) is 2.43. The van der Waals surface area contributed by atoms with Crippen molar-refractivity contribution in [2.45, 2.75) is 19.4 Å². The van der Waals surface area contributed by atoms with Crippen molar-refractivity contribution in [1.82, 2.24) is 10.2 Å². The van der Waals surface area contributed by atoms with E-state index < -0.39 is 0 Å². The molecule has 0 bridgehead atoms. The molecule has 6 heteroatoms. The lowest BCUT2D eigenvalue weighted by Gasteiger charge is -2.21. The van der Waals surface area contributed by atoms with Gasteiger partial charge in [-0.25, -0.2) is 0 Å². The van der Waals surface area contributed by atoms with Gasteiger partial charge >= 0.3 is 0 Å². The Balaban J connectivity index is 1.57. The number of anilines is 1. The van der Waals surface area contributed by atoms with Crippen LogP contribution in [0.4, 0.5) is 5.69 Å². The minimum atomic E-state index is -0.246. The van der Waals surface area contributed by atoms with Gasteiger partial charge in [0.25, 0.3) is 0 Å². The van der Waals surface area contributed by atoms with E-state index >= 15 is 0 Å². The SMILES string of the molecule is CCc1ccccc1NC(=O)CN(C)C(=O)CN[C@@H](c1ccccc1)c1ccco1. The van der Waals surface area contributed by atoms with Crippen LogP contribution in [0.3, 0.4) is 0 Å². The molecule has 1 atom stereocenters. The van der Waals surface area contributed by atoms with Crippen LogP contribution < -0.4 is 10.6 Å². The van der Waals surface area contributed by atoms with E-state index in [9.17, 15) is 9.59 Å². The first kappa shape index (κ1) is 21.3. The van der Waals surface area contributed by atoms with Crippen molar-refractivity contribution in [2.75, 3.05) is 25.5 Å². The molecule has 2 N–H and O–H groups in total. The Morgan fingerprint density at radius 1 is 1.00 bits per heavy atom. The molecule has 0 saturated carbocycles. The Morgan fingerprint density at radius 2 is 1.73 bits per heavy atom. The van der Waals surface area contributed by atoms with Crippen LogP contribution in [0.2, 0.25) is 0 Å². The molecule has 2 aromatic carbocycles. The summed E-state index contributed by atoms with van der Waals surface area (Å²) in [4.78, 5) is 26.4. The molecular weight excluding hydrogens is 378 g/mol. The molecule has 1 aromatic heterocycles. The summed E-state index contributed by atoms with van der Waals surface area (Å²) in [5, 5.41) is 6.14. The summed E-state index contributed by atoms with van der Waals surface area (Å²) in [6.45, 7) is 2.10. The normalized spacial score (nSPS) is 11.7. The third-order valence-electron chi connectivity index (χ3n) is 4.90. The van der Waals surface area contributed by atoms with Gasteiger partial charge in [-0.3, -0.25) is 14.9 Å². The lowest BCUT2D eigenvalue weighted by atomic mass is 10.0. The van der Waals surface area contributed by atoms with Gasteiger partial charge in [-0.2, -0.15) is 0 Å². The van der Waals surface area contributed by atoms with E-state index in [0.29, 0.717) is 0 Å². The predicted octanol–water partition coefficient (Wildman–Crippen LogP) is 3.62. The Kier molecular flexibility index (Phi) is 7.40. The molecule has 0 saturated heterocycles. The average Bonchev–Trinajstić information content (AvgIpc) is 3.29. The second-order valence-electron chi connectivity index (χ2n) is 7.05. The number of benzene rings is 2. The second kappa shape index (κ2) is 10.4. The molecule has 3 aromatic rings. The smallest absolute Gasteiger partial charge is 0.243 e. The Labute approximate surface area is 176 Å². The molecule has 0 aliphatic rings. The van der Waals surface area contributed by atoms with Gasteiger partial charge in [-0.05, 0) is 35.7 Å².